The second-order valence-electron chi connectivity index (χ2n) is 15.0. The first-order chi connectivity index (χ1) is 26.1. The highest BCUT2D eigenvalue weighted by Crippen LogP contribution is 2.38. The predicted octanol–water partition coefficient (Wildman–Crippen LogP) is 11.7. The molecule has 0 amide bonds. The van der Waals surface area contributed by atoms with Gasteiger partial charge < -0.3 is 27.9 Å². The molecular weight excluding hydrogens is 697 g/mol. The third-order valence-corrected chi connectivity index (χ3v) is 9.49. The van der Waals surface area contributed by atoms with Crippen LogP contribution in [0.25, 0.3) is 0 Å². The van der Waals surface area contributed by atoms with Gasteiger partial charge >= 0.3 is 5.97 Å². The van der Waals surface area contributed by atoms with Crippen molar-refractivity contribution in [1.29, 1.82) is 0 Å². The minimum atomic E-state index is -4.52. The van der Waals surface area contributed by atoms with Crippen LogP contribution in [-0.4, -0.2) is 70.7 Å². The van der Waals surface area contributed by atoms with Gasteiger partial charge in [0.2, 0.25) is 0 Å². The van der Waals surface area contributed by atoms with E-state index in [1.807, 2.05) is 21.1 Å². The van der Waals surface area contributed by atoms with Gasteiger partial charge in [-0.25, -0.2) is 0 Å². The van der Waals surface area contributed by atoms with Crippen molar-refractivity contribution in [1.82, 2.24) is 0 Å². The molecule has 54 heavy (non-hydrogen) atoms. The summed E-state index contributed by atoms with van der Waals surface area (Å²) in [5, 5.41) is 0. The maximum atomic E-state index is 12.6. The predicted molar refractivity (Wildman–Crippen MR) is 226 cm³/mol. The molecule has 8 nitrogen and oxygen atoms in total. The third kappa shape index (κ3) is 41.1. The van der Waals surface area contributed by atoms with E-state index < -0.39 is 13.9 Å². The molecule has 0 saturated heterocycles. The van der Waals surface area contributed by atoms with Crippen molar-refractivity contribution in [2.45, 2.75) is 155 Å². The summed E-state index contributed by atoms with van der Waals surface area (Å²) in [5.74, 6) is -0.354. The van der Waals surface area contributed by atoms with Crippen LogP contribution in [0.5, 0.6) is 0 Å². The van der Waals surface area contributed by atoms with Crippen LogP contribution in [0.15, 0.2) is 72.9 Å². The average molecular weight is 778 g/mol. The van der Waals surface area contributed by atoms with E-state index >= 15 is 0 Å². The van der Waals surface area contributed by atoms with Gasteiger partial charge in [0.25, 0.3) is 7.82 Å². The first-order valence-corrected chi connectivity index (χ1v) is 22.6. The number of hydrogen-bond acceptors (Lipinski definition) is 7. The highest BCUT2D eigenvalue weighted by Gasteiger charge is 2.20. The van der Waals surface area contributed by atoms with Crippen LogP contribution in [0.2, 0.25) is 0 Å². The van der Waals surface area contributed by atoms with Crippen molar-refractivity contribution >= 4 is 13.8 Å². The van der Waals surface area contributed by atoms with E-state index in [0.717, 1.165) is 83.5 Å². The first-order valence-electron chi connectivity index (χ1n) is 21.2. The molecule has 9 heteroatoms. The number of carbonyl (C=O) groups is 1. The average Bonchev–Trinajstić information content (AvgIpc) is 3.12. The molecule has 0 bridgehead atoms. The van der Waals surface area contributed by atoms with E-state index in [1.54, 1.807) is 0 Å². The number of allylic oxidation sites excluding steroid dienone is 12. The van der Waals surface area contributed by atoms with Crippen LogP contribution < -0.4 is 4.89 Å². The Morgan fingerprint density at radius 3 is 1.61 bits per heavy atom. The number of unbranched alkanes of at least 4 members (excludes halogenated alkanes) is 12. The van der Waals surface area contributed by atoms with Crippen LogP contribution in [0.1, 0.15) is 149 Å². The Morgan fingerprint density at radius 2 is 1.07 bits per heavy atom. The molecule has 0 aromatic heterocycles. The lowest BCUT2D eigenvalue weighted by Gasteiger charge is -2.28. The van der Waals surface area contributed by atoms with Gasteiger partial charge in [0.15, 0.2) is 0 Å². The van der Waals surface area contributed by atoms with Crippen LogP contribution in [0.4, 0.5) is 0 Å². The zero-order chi connectivity index (χ0) is 39.9. The van der Waals surface area contributed by atoms with Crippen molar-refractivity contribution in [3.63, 3.8) is 0 Å². The summed E-state index contributed by atoms with van der Waals surface area (Å²) in [6, 6.07) is 0. The molecule has 0 aliphatic heterocycles. The normalized spacial score (nSPS) is 14.6. The molecule has 0 aliphatic rings. The Hall–Kier alpha value is -2.06. The quantitative estimate of drug-likeness (QED) is 0.0202. The van der Waals surface area contributed by atoms with E-state index in [-0.39, 0.29) is 25.8 Å². The first kappa shape index (κ1) is 51.9. The lowest BCUT2D eigenvalue weighted by Crippen LogP contribution is -2.37. The second kappa shape index (κ2) is 37.8. The third-order valence-electron chi connectivity index (χ3n) is 8.52. The van der Waals surface area contributed by atoms with Crippen molar-refractivity contribution in [2.75, 3.05) is 54.1 Å². The Kier molecular flexibility index (Phi) is 36.4. The number of rotatable bonds is 38. The molecule has 0 spiro atoms. The largest absolute Gasteiger partial charge is 0.756 e. The molecule has 0 aromatic rings. The molecule has 0 aromatic carbocycles. The monoisotopic (exact) mass is 778 g/mol. The van der Waals surface area contributed by atoms with Crippen LogP contribution in [0, 0.1) is 0 Å². The molecule has 312 valence electrons. The summed E-state index contributed by atoms with van der Waals surface area (Å²) in [4.78, 5) is 24.9. The molecule has 0 fully saturated rings. The zero-order valence-corrected chi connectivity index (χ0v) is 36.0. The summed E-state index contributed by atoms with van der Waals surface area (Å²) >= 11 is 0. The van der Waals surface area contributed by atoms with Crippen LogP contribution in [0.3, 0.4) is 0 Å². The Balaban J connectivity index is 4.14. The van der Waals surface area contributed by atoms with Crippen molar-refractivity contribution in [2.24, 2.45) is 0 Å². The van der Waals surface area contributed by atoms with Gasteiger partial charge in [0.05, 0.1) is 34.4 Å². The molecule has 0 N–H and O–H groups in total. The molecule has 2 unspecified atom stereocenters. The van der Waals surface area contributed by atoms with Gasteiger partial charge in [-0.15, -0.1) is 0 Å². The molecule has 0 aliphatic carbocycles. The van der Waals surface area contributed by atoms with E-state index in [9.17, 15) is 14.3 Å². The number of esters is 1. The van der Waals surface area contributed by atoms with Gasteiger partial charge in [-0.1, -0.05) is 151 Å². The summed E-state index contributed by atoms with van der Waals surface area (Å²) < 4.78 is 34.4. The lowest BCUT2D eigenvalue weighted by atomic mass is 10.1. The fourth-order valence-electron chi connectivity index (χ4n) is 5.25. The number of likely N-dealkylation sites (N-methyl/N-ethyl adjacent to an activating group) is 1. The Labute approximate surface area is 332 Å². The highest BCUT2D eigenvalue weighted by molar-refractivity contribution is 7.45. The van der Waals surface area contributed by atoms with Crippen LogP contribution >= 0.6 is 7.82 Å². The van der Waals surface area contributed by atoms with Crippen molar-refractivity contribution < 1.29 is 37.3 Å². The summed E-state index contributed by atoms with van der Waals surface area (Å²) in [6.45, 7) is 5.22. The summed E-state index contributed by atoms with van der Waals surface area (Å²) in [7, 11) is 1.33. The van der Waals surface area contributed by atoms with Gasteiger partial charge in [-0.3, -0.25) is 9.36 Å². The molecule has 0 saturated carbocycles. The highest BCUT2D eigenvalue weighted by atomic mass is 31.2. The number of hydrogen-bond donors (Lipinski definition) is 0. The molecule has 0 heterocycles. The van der Waals surface area contributed by atoms with E-state index in [4.69, 9.17) is 18.5 Å². The summed E-state index contributed by atoms with van der Waals surface area (Å²) in [5.41, 5.74) is 0. The Morgan fingerprint density at radius 1 is 0.593 bits per heavy atom. The van der Waals surface area contributed by atoms with Gasteiger partial charge in [0, 0.05) is 13.0 Å². The van der Waals surface area contributed by atoms with Gasteiger partial charge in [0.1, 0.15) is 19.3 Å². The van der Waals surface area contributed by atoms with Gasteiger partial charge in [-0.05, 0) is 64.2 Å². The smallest absolute Gasteiger partial charge is 0.306 e. The van der Waals surface area contributed by atoms with E-state index in [1.165, 1.54) is 44.9 Å². The molecule has 0 radical (unpaired) electrons. The number of phosphoric ester groups is 1. The minimum absolute atomic E-state index is 0.0198. The number of carbonyl (C=O) groups excluding carboxylic acids is 1. The Bertz CT molecular complexity index is 1090. The second-order valence-corrected chi connectivity index (χ2v) is 16.4. The molecular formula is C45H80NO7P. The number of quaternary nitrogens is 1. The van der Waals surface area contributed by atoms with Gasteiger partial charge in [-0.2, -0.15) is 0 Å². The number of nitrogens with zero attached hydrogens (tertiary/aromatic N) is 1. The van der Waals surface area contributed by atoms with E-state index in [0.29, 0.717) is 24.1 Å². The minimum Gasteiger partial charge on any atom is -0.756 e. The molecule has 2 atom stereocenters. The number of ether oxygens (including phenoxy) is 2. The lowest BCUT2D eigenvalue weighted by molar-refractivity contribution is -0.870. The molecule has 0 rings (SSSR count). The fraction of sp³-hybridized carbons (Fsp3) is 0.711. The summed E-state index contributed by atoms with van der Waals surface area (Å²) in [6.07, 6.45) is 47.8. The van der Waals surface area contributed by atoms with Crippen molar-refractivity contribution in [3.05, 3.63) is 72.9 Å². The number of phosphoric acid groups is 1. The van der Waals surface area contributed by atoms with Crippen LogP contribution in [-0.2, 0) is 27.9 Å². The zero-order valence-electron chi connectivity index (χ0n) is 35.1. The van der Waals surface area contributed by atoms with E-state index in [2.05, 4.69) is 86.8 Å². The maximum Gasteiger partial charge on any atom is 0.306 e. The standard InChI is InChI=1S/C45H80NO7P/c1-6-8-10-12-14-15-16-17-18-19-20-21-22-23-24-25-26-27-28-29-30-31-32-34-36-38-45(47)53-44(42-50-40-37-35-33-13-11-9-7-2)43-52-54(48,49)51-41-39-46(3,4)5/h8,10,14-15,17-18,20-21,23-24,26-27,44H,6-7,9,11-13,16,19,22,25,28-43H2,1-5H3/b10-8-,15-14-,18-17-,21-20-,24-23-,27-26-. The topological polar surface area (TPSA) is 94.1 Å². The fourth-order valence-corrected chi connectivity index (χ4v) is 5.98. The maximum absolute atomic E-state index is 12.6. The SMILES string of the molecule is CC/C=C\C/C=C\C/C=C\C/C=C\C/C=C\C/C=C\CCCCCCCCC(=O)OC(COCCCCCCCCC)COP(=O)([O-])OCC[N+](C)(C)C. The van der Waals surface area contributed by atoms with Crippen molar-refractivity contribution in [3.8, 4) is 0 Å².